The van der Waals surface area contributed by atoms with Crippen molar-refractivity contribution in [1.29, 1.82) is 0 Å². The van der Waals surface area contributed by atoms with E-state index in [2.05, 4.69) is 0 Å². The Hall–Kier alpha value is -1.84. The van der Waals surface area contributed by atoms with Gasteiger partial charge in [-0.2, -0.15) is 0 Å². The van der Waals surface area contributed by atoms with E-state index in [1.807, 2.05) is 19.9 Å². The molecule has 104 valence electrons. The number of carboxylic acid groups (broad SMARTS) is 2. The molecular weight excluding hydrogens is 244 g/mol. The van der Waals surface area contributed by atoms with Crippen molar-refractivity contribution in [2.45, 2.75) is 45.4 Å². The fraction of sp³-hybridized carbons (Fsp3) is 0.467. The largest absolute Gasteiger partial charge is 0.480 e. The zero-order chi connectivity index (χ0) is 14.4. The number of benzene rings is 1. The molecule has 0 spiro atoms. The lowest BCUT2D eigenvalue weighted by atomic mass is 9.87. The first kappa shape index (κ1) is 15.2. The van der Waals surface area contributed by atoms with Gasteiger partial charge in [-0.3, -0.25) is 9.59 Å². The second-order valence-corrected chi connectivity index (χ2v) is 4.59. The van der Waals surface area contributed by atoms with Crippen LogP contribution >= 0.6 is 0 Å². The molecule has 0 unspecified atom stereocenters. The van der Waals surface area contributed by atoms with Crippen LogP contribution in [0.4, 0.5) is 0 Å². The summed E-state index contributed by atoms with van der Waals surface area (Å²) in [6, 6.07) is 5.33. The summed E-state index contributed by atoms with van der Waals surface area (Å²) in [5.41, 5.74) is 2.38. The highest BCUT2D eigenvalue weighted by molar-refractivity contribution is 5.99. The van der Waals surface area contributed by atoms with Crippen LogP contribution in [0.15, 0.2) is 18.2 Å². The molecule has 0 heterocycles. The maximum Gasteiger partial charge on any atom is 0.322 e. The van der Waals surface area contributed by atoms with Crippen molar-refractivity contribution < 1.29 is 19.8 Å². The molecule has 4 nitrogen and oxygen atoms in total. The second kappa shape index (κ2) is 6.92. The van der Waals surface area contributed by atoms with Gasteiger partial charge in [0.05, 0.1) is 0 Å². The van der Waals surface area contributed by atoms with Crippen LogP contribution in [0.25, 0.3) is 0 Å². The zero-order valence-electron chi connectivity index (χ0n) is 11.3. The molecule has 1 rings (SSSR count). The molecule has 0 bridgehead atoms. The number of carbonyl (C=O) groups is 2. The average Bonchev–Trinajstić information content (AvgIpc) is 2.32. The third kappa shape index (κ3) is 3.56. The first-order chi connectivity index (χ1) is 9.02. The van der Waals surface area contributed by atoms with Crippen molar-refractivity contribution in [3.63, 3.8) is 0 Å². The lowest BCUT2D eigenvalue weighted by Gasteiger charge is -2.17. The van der Waals surface area contributed by atoms with E-state index in [0.717, 1.165) is 30.4 Å². The maximum absolute atomic E-state index is 11.2. The molecule has 2 N–H and O–H groups in total. The predicted octanol–water partition coefficient (Wildman–Crippen LogP) is 2.84. The van der Waals surface area contributed by atoms with Crippen molar-refractivity contribution in [3.05, 3.63) is 34.9 Å². The van der Waals surface area contributed by atoms with E-state index in [-0.39, 0.29) is 0 Å². The molecule has 0 aromatic heterocycles. The van der Waals surface area contributed by atoms with Gasteiger partial charge in [0.1, 0.15) is 0 Å². The zero-order valence-corrected chi connectivity index (χ0v) is 11.3. The van der Waals surface area contributed by atoms with Gasteiger partial charge < -0.3 is 10.2 Å². The van der Waals surface area contributed by atoms with Gasteiger partial charge in [0, 0.05) is 0 Å². The first-order valence-electron chi connectivity index (χ1n) is 6.59. The van der Waals surface area contributed by atoms with Gasteiger partial charge in [-0.05, 0) is 29.5 Å². The molecule has 19 heavy (non-hydrogen) atoms. The standard InChI is InChI=1S/C15H20O4/c1-3-6-10-8-5-9-12(11(10)7-4-2)13(14(16)17)15(18)19/h5,8-9,13H,3-4,6-7H2,1-2H3,(H,16,17)(H,18,19). The molecule has 0 fully saturated rings. The summed E-state index contributed by atoms with van der Waals surface area (Å²) in [7, 11) is 0. The van der Waals surface area contributed by atoms with Crippen molar-refractivity contribution in [1.82, 2.24) is 0 Å². The highest BCUT2D eigenvalue weighted by Gasteiger charge is 2.30. The number of hydrogen-bond acceptors (Lipinski definition) is 2. The molecule has 0 radical (unpaired) electrons. The minimum Gasteiger partial charge on any atom is -0.480 e. The number of aliphatic carboxylic acids is 2. The highest BCUT2D eigenvalue weighted by Crippen LogP contribution is 2.26. The van der Waals surface area contributed by atoms with Gasteiger partial charge >= 0.3 is 11.9 Å². The van der Waals surface area contributed by atoms with Crippen LogP contribution in [0, 0.1) is 0 Å². The Morgan fingerprint density at radius 2 is 1.63 bits per heavy atom. The topological polar surface area (TPSA) is 74.6 Å². The predicted molar refractivity (Wildman–Crippen MR) is 72.4 cm³/mol. The summed E-state index contributed by atoms with van der Waals surface area (Å²) in [6.45, 7) is 4.05. The molecule has 1 aromatic rings. The highest BCUT2D eigenvalue weighted by atomic mass is 16.4. The normalized spacial score (nSPS) is 10.7. The molecule has 1 aromatic carbocycles. The van der Waals surface area contributed by atoms with Crippen LogP contribution in [-0.4, -0.2) is 22.2 Å². The molecule has 0 saturated carbocycles. The van der Waals surface area contributed by atoms with Crippen molar-refractivity contribution in [3.8, 4) is 0 Å². The summed E-state index contributed by atoms with van der Waals surface area (Å²) in [5, 5.41) is 18.3. The summed E-state index contributed by atoms with van der Waals surface area (Å²) in [6.07, 6.45) is 3.36. The van der Waals surface area contributed by atoms with Crippen molar-refractivity contribution in [2.24, 2.45) is 0 Å². The fourth-order valence-corrected chi connectivity index (χ4v) is 2.36. The van der Waals surface area contributed by atoms with Gasteiger partial charge in [0.2, 0.25) is 0 Å². The molecule has 0 aliphatic heterocycles. The monoisotopic (exact) mass is 264 g/mol. The van der Waals surface area contributed by atoms with Gasteiger partial charge in [-0.25, -0.2) is 0 Å². The molecule has 0 aliphatic carbocycles. The molecule has 4 heteroatoms. The molecule has 0 amide bonds. The van der Waals surface area contributed by atoms with Crippen molar-refractivity contribution >= 4 is 11.9 Å². The van der Waals surface area contributed by atoms with Crippen LogP contribution in [0.1, 0.15) is 49.3 Å². The fourth-order valence-electron chi connectivity index (χ4n) is 2.36. The third-order valence-electron chi connectivity index (χ3n) is 3.13. The molecular formula is C15H20O4. The van der Waals surface area contributed by atoms with Crippen molar-refractivity contribution in [2.75, 3.05) is 0 Å². The smallest absolute Gasteiger partial charge is 0.322 e. The Bertz CT molecular complexity index is 451. The molecule has 0 saturated heterocycles. The van der Waals surface area contributed by atoms with Crippen LogP contribution in [0.2, 0.25) is 0 Å². The summed E-state index contributed by atoms with van der Waals surface area (Å²) in [4.78, 5) is 22.4. The average molecular weight is 264 g/mol. The van der Waals surface area contributed by atoms with Crippen LogP contribution in [0.3, 0.4) is 0 Å². The Labute approximate surface area is 113 Å². The van der Waals surface area contributed by atoms with Gasteiger partial charge in [-0.1, -0.05) is 44.9 Å². The Kier molecular flexibility index (Phi) is 5.55. The van der Waals surface area contributed by atoms with Gasteiger partial charge in [-0.15, -0.1) is 0 Å². The summed E-state index contributed by atoms with van der Waals surface area (Å²) >= 11 is 0. The number of hydrogen-bond donors (Lipinski definition) is 2. The number of rotatable bonds is 7. The van der Waals surface area contributed by atoms with Crippen LogP contribution in [0.5, 0.6) is 0 Å². The molecule has 0 atom stereocenters. The second-order valence-electron chi connectivity index (χ2n) is 4.59. The lowest BCUT2D eigenvalue weighted by Crippen LogP contribution is -2.23. The number of carboxylic acids is 2. The Balaban J connectivity index is 3.35. The maximum atomic E-state index is 11.2. The van der Waals surface area contributed by atoms with E-state index in [9.17, 15) is 9.59 Å². The SMILES string of the molecule is CCCc1cccc(C(C(=O)O)C(=O)O)c1CCC. The Morgan fingerprint density at radius 1 is 1.05 bits per heavy atom. The van der Waals surface area contributed by atoms with E-state index in [4.69, 9.17) is 10.2 Å². The minimum absolute atomic E-state index is 0.424. The van der Waals surface area contributed by atoms with E-state index < -0.39 is 17.9 Å². The minimum atomic E-state index is -1.47. The summed E-state index contributed by atoms with van der Waals surface area (Å²) < 4.78 is 0. The van der Waals surface area contributed by atoms with Crippen LogP contribution in [-0.2, 0) is 22.4 Å². The van der Waals surface area contributed by atoms with E-state index in [0.29, 0.717) is 12.0 Å². The quantitative estimate of drug-likeness (QED) is 0.742. The summed E-state index contributed by atoms with van der Waals surface area (Å²) in [5.74, 6) is -4.09. The first-order valence-corrected chi connectivity index (χ1v) is 6.59. The van der Waals surface area contributed by atoms with E-state index >= 15 is 0 Å². The third-order valence-corrected chi connectivity index (χ3v) is 3.13. The Morgan fingerprint density at radius 3 is 2.11 bits per heavy atom. The van der Waals surface area contributed by atoms with E-state index in [1.165, 1.54) is 0 Å². The molecule has 0 aliphatic rings. The van der Waals surface area contributed by atoms with Gasteiger partial charge in [0.15, 0.2) is 5.92 Å². The number of aryl methyl sites for hydroxylation is 1. The van der Waals surface area contributed by atoms with Gasteiger partial charge in [0.25, 0.3) is 0 Å². The van der Waals surface area contributed by atoms with Crippen LogP contribution < -0.4 is 0 Å². The van der Waals surface area contributed by atoms with E-state index in [1.54, 1.807) is 12.1 Å². The lowest BCUT2D eigenvalue weighted by molar-refractivity contribution is -0.150.